The van der Waals surface area contributed by atoms with E-state index in [0.29, 0.717) is 12.5 Å². The number of piperidine rings is 1. The first-order valence-electron chi connectivity index (χ1n) is 9.15. The monoisotopic (exact) mass is 472 g/mol. The predicted octanol–water partition coefficient (Wildman–Crippen LogP) is 1.61. The van der Waals surface area contributed by atoms with Gasteiger partial charge in [0.05, 0.1) is 6.54 Å². The molecule has 5 N–H and O–H groups in total. The lowest BCUT2D eigenvalue weighted by Crippen LogP contribution is -2.39. The Hall–Kier alpha value is -1.58. The van der Waals surface area contributed by atoms with Crippen LogP contribution in [-0.2, 0) is 11.3 Å². The zero-order valence-corrected chi connectivity index (χ0v) is 17.4. The Balaban J connectivity index is 0.00000243. The maximum atomic E-state index is 11.3. The smallest absolute Gasteiger partial charge is 0.220 e. The van der Waals surface area contributed by atoms with Crippen LogP contribution in [-0.4, -0.2) is 36.5 Å². The highest BCUT2D eigenvalue weighted by Gasteiger charge is 2.24. The predicted molar refractivity (Wildman–Crippen MR) is 114 cm³/mol. The summed E-state index contributed by atoms with van der Waals surface area (Å²) in [7, 11) is 0. The van der Waals surface area contributed by atoms with Gasteiger partial charge in [-0.1, -0.05) is 12.5 Å². The Labute approximate surface area is 172 Å². The van der Waals surface area contributed by atoms with Crippen LogP contribution in [0.1, 0.15) is 37.7 Å². The van der Waals surface area contributed by atoms with E-state index in [9.17, 15) is 4.79 Å². The molecule has 3 rings (SSSR count). The molecule has 0 spiro atoms. The van der Waals surface area contributed by atoms with Gasteiger partial charge in [0.15, 0.2) is 5.96 Å². The van der Waals surface area contributed by atoms with Crippen molar-refractivity contribution in [3.63, 3.8) is 0 Å². The first-order chi connectivity index (χ1) is 12.1. The summed E-state index contributed by atoms with van der Waals surface area (Å²) in [6.07, 6.45) is 7.25. The maximum absolute atomic E-state index is 11.3. The third-order valence-corrected chi connectivity index (χ3v) is 5.28. The van der Waals surface area contributed by atoms with Gasteiger partial charge < -0.3 is 21.7 Å². The molecule has 2 heterocycles. The Bertz CT molecular complexity index is 626. The fraction of sp³-hybridized carbons (Fsp3) is 0.611. The fourth-order valence-electron chi connectivity index (χ4n) is 3.39. The number of carbonyl (C=O) groups excluding carboxylic acids is 1. The second-order valence-corrected chi connectivity index (χ2v) is 7.03. The van der Waals surface area contributed by atoms with Gasteiger partial charge in [-0.2, -0.15) is 0 Å². The average molecular weight is 472 g/mol. The Morgan fingerprint density at radius 3 is 2.62 bits per heavy atom. The molecule has 0 bridgehead atoms. The SMILES string of the molecule is I.NC(=O)C1CCN(c2ncccc2CN=C(N)NCC2CCC2)CC1. The number of pyridine rings is 1. The number of nitrogens with zero attached hydrogens (tertiary/aromatic N) is 3. The maximum Gasteiger partial charge on any atom is 0.220 e. The second-order valence-electron chi connectivity index (χ2n) is 7.03. The summed E-state index contributed by atoms with van der Waals surface area (Å²) in [6.45, 7) is 2.99. The van der Waals surface area contributed by atoms with Gasteiger partial charge in [-0.3, -0.25) is 4.79 Å². The molecule has 1 saturated carbocycles. The van der Waals surface area contributed by atoms with Crippen LogP contribution >= 0.6 is 24.0 Å². The van der Waals surface area contributed by atoms with Gasteiger partial charge in [0.1, 0.15) is 5.82 Å². The topological polar surface area (TPSA) is 110 Å². The third kappa shape index (κ3) is 5.46. The van der Waals surface area contributed by atoms with E-state index in [4.69, 9.17) is 11.5 Å². The highest BCUT2D eigenvalue weighted by atomic mass is 127. The number of aromatic nitrogens is 1. The van der Waals surface area contributed by atoms with E-state index in [-0.39, 0.29) is 35.8 Å². The summed E-state index contributed by atoms with van der Waals surface area (Å²) in [5.74, 6) is 1.95. The zero-order valence-electron chi connectivity index (χ0n) is 15.1. The van der Waals surface area contributed by atoms with Gasteiger partial charge in [0.25, 0.3) is 0 Å². The Kier molecular flexibility index (Phi) is 7.92. The minimum Gasteiger partial charge on any atom is -0.370 e. The number of nitrogens with two attached hydrogens (primary N) is 2. The molecule has 7 nitrogen and oxygen atoms in total. The lowest BCUT2D eigenvalue weighted by Gasteiger charge is -2.32. The Morgan fingerprint density at radius 2 is 2.00 bits per heavy atom. The highest BCUT2D eigenvalue weighted by molar-refractivity contribution is 14.0. The summed E-state index contributed by atoms with van der Waals surface area (Å²) in [5, 5.41) is 3.21. The largest absolute Gasteiger partial charge is 0.370 e. The standard InChI is InChI=1S/C18H28N6O.HI/c19-16(25)14-6-9-24(10-7-14)17-15(5-2-8-21-17)12-23-18(20)22-11-13-3-1-4-13;/h2,5,8,13-14H,1,3-4,6-7,9-12H2,(H2,19,25)(H3,20,22,23);1H. The van der Waals surface area contributed by atoms with Gasteiger partial charge in [-0.25, -0.2) is 9.98 Å². The van der Waals surface area contributed by atoms with Gasteiger partial charge >= 0.3 is 0 Å². The highest BCUT2D eigenvalue weighted by Crippen LogP contribution is 2.26. The van der Waals surface area contributed by atoms with Gasteiger partial charge in [0, 0.05) is 37.3 Å². The minimum absolute atomic E-state index is 0. The molecule has 2 aliphatic rings. The number of guanidine groups is 1. The molecule has 0 aromatic carbocycles. The van der Waals surface area contributed by atoms with Crippen molar-refractivity contribution >= 4 is 41.7 Å². The number of anilines is 1. The number of nitrogens with one attached hydrogen (secondary N) is 1. The van der Waals surface area contributed by atoms with E-state index in [2.05, 4.69) is 20.2 Å². The van der Waals surface area contributed by atoms with Crippen molar-refractivity contribution in [3.8, 4) is 0 Å². The molecule has 1 saturated heterocycles. The molecular formula is C18H29IN6O. The lowest BCUT2D eigenvalue weighted by molar-refractivity contribution is -0.122. The number of hydrogen-bond acceptors (Lipinski definition) is 4. The Morgan fingerprint density at radius 1 is 1.27 bits per heavy atom. The van der Waals surface area contributed by atoms with Crippen LogP contribution in [0.25, 0.3) is 0 Å². The molecule has 26 heavy (non-hydrogen) atoms. The van der Waals surface area contributed by atoms with E-state index in [1.165, 1.54) is 19.3 Å². The first-order valence-corrected chi connectivity index (χ1v) is 9.15. The molecule has 1 aromatic rings. The van der Waals surface area contributed by atoms with E-state index in [1.54, 1.807) is 6.20 Å². The van der Waals surface area contributed by atoms with Crippen LogP contribution in [0.3, 0.4) is 0 Å². The van der Waals surface area contributed by atoms with Gasteiger partial charge in [-0.15, -0.1) is 24.0 Å². The minimum atomic E-state index is -0.198. The number of hydrogen-bond donors (Lipinski definition) is 3. The molecular weight excluding hydrogens is 443 g/mol. The average Bonchev–Trinajstić information content (AvgIpc) is 2.59. The summed E-state index contributed by atoms with van der Waals surface area (Å²) in [6, 6.07) is 3.95. The van der Waals surface area contributed by atoms with Crippen molar-refractivity contribution in [1.82, 2.24) is 10.3 Å². The van der Waals surface area contributed by atoms with Crippen LogP contribution in [0.2, 0.25) is 0 Å². The molecule has 144 valence electrons. The van der Waals surface area contributed by atoms with Crippen molar-refractivity contribution in [2.45, 2.75) is 38.6 Å². The molecule has 0 unspecified atom stereocenters. The lowest BCUT2D eigenvalue weighted by atomic mass is 9.85. The van der Waals surface area contributed by atoms with Gasteiger partial charge in [-0.05, 0) is 37.7 Å². The molecule has 8 heteroatoms. The van der Waals surface area contributed by atoms with Crippen molar-refractivity contribution in [2.24, 2.45) is 28.3 Å². The second kappa shape index (κ2) is 9.94. The molecule has 1 aromatic heterocycles. The number of halogens is 1. The van der Waals surface area contributed by atoms with Crippen LogP contribution in [0.4, 0.5) is 5.82 Å². The van der Waals surface area contributed by atoms with Crippen molar-refractivity contribution < 1.29 is 4.79 Å². The quantitative estimate of drug-likeness (QED) is 0.331. The fourth-order valence-corrected chi connectivity index (χ4v) is 3.39. The number of primary amides is 1. The summed E-state index contributed by atoms with van der Waals surface area (Å²) >= 11 is 0. The first kappa shape index (κ1) is 20.7. The van der Waals surface area contributed by atoms with Gasteiger partial charge in [0.2, 0.25) is 5.91 Å². The zero-order chi connectivity index (χ0) is 17.6. The van der Waals surface area contributed by atoms with Crippen molar-refractivity contribution in [1.29, 1.82) is 0 Å². The van der Waals surface area contributed by atoms with Crippen LogP contribution in [0.15, 0.2) is 23.3 Å². The van der Waals surface area contributed by atoms with E-state index < -0.39 is 0 Å². The van der Waals surface area contributed by atoms with Crippen LogP contribution in [0, 0.1) is 11.8 Å². The van der Waals surface area contributed by atoms with E-state index >= 15 is 0 Å². The molecule has 0 radical (unpaired) electrons. The van der Waals surface area contributed by atoms with Crippen molar-refractivity contribution in [3.05, 3.63) is 23.9 Å². The molecule has 1 aliphatic carbocycles. The molecule has 0 atom stereocenters. The molecule has 2 fully saturated rings. The number of aliphatic imine (C=N–C) groups is 1. The summed E-state index contributed by atoms with van der Waals surface area (Å²) < 4.78 is 0. The van der Waals surface area contributed by atoms with Crippen LogP contribution < -0.4 is 21.7 Å². The van der Waals surface area contributed by atoms with E-state index in [1.807, 2.05) is 12.1 Å². The number of amides is 1. The normalized spacial score (nSPS) is 18.8. The van der Waals surface area contributed by atoms with Crippen molar-refractivity contribution in [2.75, 3.05) is 24.5 Å². The molecule has 1 amide bonds. The summed E-state index contributed by atoms with van der Waals surface area (Å²) in [5.41, 5.74) is 12.4. The van der Waals surface area contributed by atoms with Crippen LogP contribution in [0.5, 0.6) is 0 Å². The number of carbonyl (C=O) groups is 1. The third-order valence-electron chi connectivity index (χ3n) is 5.28. The summed E-state index contributed by atoms with van der Waals surface area (Å²) in [4.78, 5) is 22.5. The van der Waals surface area contributed by atoms with E-state index in [0.717, 1.165) is 49.8 Å². The molecule has 1 aliphatic heterocycles. The number of rotatable bonds is 6.